The molecule has 31 heavy (non-hydrogen) atoms. The van der Waals surface area contributed by atoms with E-state index in [0.29, 0.717) is 18.9 Å². The second-order valence-corrected chi connectivity index (χ2v) is 11.2. The number of carbonyl (C=O) groups is 1. The van der Waals surface area contributed by atoms with Crippen LogP contribution in [0.5, 0.6) is 0 Å². The molecule has 2 aromatic rings. The van der Waals surface area contributed by atoms with Crippen LogP contribution in [0.4, 0.5) is 14.5 Å². The van der Waals surface area contributed by atoms with E-state index in [-0.39, 0.29) is 33.0 Å². The second-order valence-electron chi connectivity index (χ2n) is 8.59. The van der Waals surface area contributed by atoms with Crippen LogP contribution in [0.2, 0.25) is 5.02 Å². The molecule has 3 unspecified atom stereocenters. The van der Waals surface area contributed by atoms with Crippen LogP contribution in [0.25, 0.3) is 0 Å². The largest absolute Gasteiger partial charge is 0.390 e. The molecule has 0 aromatic heterocycles. The first-order valence-electron chi connectivity index (χ1n) is 10.0. The van der Waals surface area contributed by atoms with Gasteiger partial charge in [-0.25, -0.2) is 17.2 Å². The molecule has 2 saturated carbocycles. The van der Waals surface area contributed by atoms with Gasteiger partial charge in [0, 0.05) is 17.3 Å². The number of sulfone groups is 1. The van der Waals surface area contributed by atoms with Crippen molar-refractivity contribution in [1.82, 2.24) is 0 Å². The molecule has 0 spiro atoms. The summed E-state index contributed by atoms with van der Waals surface area (Å²) in [6, 6.07) is 6.45. The molecule has 0 saturated heterocycles. The number of fused-ring (bicyclic) bond motifs is 2. The number of amides is 1. The maximum absolute atomic E-state index is 13.4. The highest BCUT2D eigenvalue weighted by atomic mass is 35.5. The van der Waals surface area contributed by atoms with Crippen molar-refractivity contribution < 1.29 is 27.1 Å². The maximum atomic E-state index is 13.4. The fourth-order valence-corrected chi connectivity index (χ4v) is 7.29. The number of hydrogen-bond donors (Lipinski definition) is 2. The third kappa shape index (κ3) is 4.08. The third-order valence-corrected chi connectivity index (χ3v) is 9.33. The predicted molar refractivity (Wildman–Crippen MR) is 113 cm³/mol. The maximum Gasteiger partial charge on any atom is 0.255 e. The Morgan fingerprint density at radius 1 is 1.10 bits per heavy atom. The van der Waals surface area contributed by atoms with Crippen LogP contribution in [0.3, 0.4) is 0 Å². The van der Waals surface area contributed by atoms with E-state index in [1.165, 1.54) is 18.2 Å². The molecule has 2 aliphatic carbocycles. The topological polar surface area (TPSA) is 83.5 Å². The molecule has 0 heterocycles. The molecule has 9 heteroatoms. The molecule has 2 N–H and O–H groups in total. The molecular weight excluding hydrogens is 448 g/mol. The lowest BCUT2D eigenvalue weighted by atomic mass is 9.76. The lowest BCUT2D eigenvalue weighted by Gasteiger charge is -2.40. The Morgan fingerprint density at radius 2 is 1.68 bits per heavy atom. The second kappa shape index (κ2) is 7.83. The van der Waals surface area contributed by atoms with E-state index in [2.05, 4.69) is 5.32 Å². The quantitative estimate of drug-likeness (QED) is 0.686. The zero-order valence-corrected chi connectivity index (χ0v) is 18.3. The Balaban J connectivity index is 1.61. The van der Waals surface area contributed by atoms with Gasteiger partial charge in [0.05, 0.1) is 20.8 Å². The first-order valence-corrected chi connectivity index (χ1v) is 11.9. The summed E-state index contributed by atoms with van der Waals surface area (Å²) in [6.45, 7) is 1.77. The molecule has 4 atom stereocenters. The standard InChI is InChI=1S/C22H22ClF2NO4S/c1-22(28)13-3-4-14(22)8-18(7-13)31(29,30)20-6-12(2-5-19(20)23)21(27)26-17-10-15(24)9-16(25)11-17/h2,5-6,9-11,13-14,18,28H,3-4,7-8H2,1H3,(H,26,27)/t13-,14?,18?,22?/m1/s1. The molecule has 2 bridgehead atoms. The smallest absolute Gasteiger partial charge is 0.255 e. The molecular formula is C22H22ClF2NO4S. The minimum atomic E-state index is -3.85. The van der Waals surface area contributed by atoms with Gasteiger partial charge in [-0.05, 0) is 74.8 Å². The molecule has 2 aliphatic rings. The highest BCUT2D eigenvalue weighted by Crippen LogP contribution is 2.51. The monoisotopic (exact) mass is 469 g/mol. The molecule has 5 nitrogen and oxygen atoms in total. The summed E-state index contributed by atoms with van der Waals surface area (Å²) in [5.74, 6) is -2.61. The van der Waals surface area contributed by atoms with Crippen molar-refractivity contribution in [3.63, 3.8) is 0 Å². The van der Waals surface area contributed by atoms with Gasteiger partial charge in [-0.1, -0.05) is 11.6 Å². The highest BCUT2D eigenvalue weighted by molar-refractivity contribution is 7.92. The lowest BCUT2D eigenvalue weighted by molar-refractivity contribution is -0.0413. The van der Waals surface area contributed by atoms with Gasteiger partial charge in [0.2, 0.25) is 0 Å². The number of anilines is 1. The van der Waals surface area contributed by atoms with Gasteiger partial charge in [0.25, 0.3) is 5.91 Å². The summed E-state index contributed by atoms with van der Waals surface area (Å²) >= 11 is 6.19. The number of benzene rings is 2. The minimum absolute atomic E-state index is 0.00146. The van der Waals surface area contributed by atoms with Gasteiger partial charge in [0.15, 0.2) is 9.84 Å². The van der Waals surface area contributed by atoms with Crippen molar-refractivity contribution in [2.45, 2.75) is 48.4 Å². The zero-order valence-electron chi connectivity index (χ0n) is 16.7. The average Bonchev–Trinajstić information content (AvgIpc) is 2.84. The minimum Gasteiger partial charge on any atom is -0.390 e. The molecule has 0 radical (unpaired) electrons. The van der Waals surface area contributed by atoms with Crippen LogP contribution in [0.15, 0.2) is 41.3 Å². The van der Waals surface area contributed by atoms with E-state index >= 15 is 0 Å². The Hall–Kier alpha value is -2.03. The van der Waals surface area contributed by atoms with Gasteiger partial charge in [-0.15, -0.1) is 0 Å². The van der Waals surface area contributed by atoms with E-state index in [0.717, 1.165) is 25.0 Å². The van der Waals surface area contributed by atoms with Crippen molar-refractivity contribution >= 4 is 33.0 Å². The fourth-order valence-electron chi connectivity index (χ4n) is 4.89. The first-order chi connectivity index (χ1) is 14.5. The summed E-state index contributed by atoms with van der Waals surface area (Å²) in [4.78, 5) is 12.4. The summed E-state index contributed by atoms with van der Waals surface area (Å²) < 4.78 is 53.5. The van der Waals surface area contributed by atoms with Crippen LogP contribution in [0.1, 0.15) is 43.0 Å². The van der Waals surface area contributed by atoms with Crippen LogP contribution in [0, 0.1) is 23.5 Å². The van der Waals surface area contributed by atoms with Crippen molar-refractivity contribution in [3.8, 4) is 0 Å². The molecule has 2 fully saturated rings. The summed E-state index contributed by atoms with van der Waals surface area (Å²) in [5.41, 5.74) is -0.955. The number of halogens is 3. The van der Waals surface area contributed by atoms with Crippen LogP contribution in [-0.2, 0) is 9.84 Å². The van der Waals surface area contributed by atoms with E-state index in [1.54, 1.807) is 6.92 Å². The van der Waals surface area contributed by atoms with E-state index < -0.39 is 38.2 Å². The number of carbonyl (C=O) groups excluding carboxylic acids is 1. The third-order valence-electron chi connectivity index (χ3n) is 6.67. The average molecular weight is 470 g/mol. The Morgan fingerprint density at radius 3 is 2.26 bits per heavy atom. The van der Waals surface area contributed by atoms with Crippen molar-refractivity contribution in [3.05, 3.63) is 58.6 Å². The van der Waals surface area contributed by atoms with Gasteiger partial charge < -0.3 is 10.4 Å². The van der Waals surface area contributed by atoms with Crippen LogP contribution < -0.4 is 5.32 Å². The van der Waals surface area contributed by atoms with Crippen LogP contribution in [-0.4, -0.2) is 30.3 Å². The summed E-state index contributed by atoms with van der Waals surface area (Å²) in [7, 11) is -3.85. The van der Waals surface area contributed by atoms with Gasteiger partial charge in [-0.2, -0.15) is 0 Å². The summed E-state index contributed by atoms with van der Waals surface area (Å²) in [6.07, 6.45) is 2.23. The van der Waals surface area contributed by atoms with E-state index in [4.69, 9.17) is 11.6 Å². The number of aliphatic hydroxyl groups is 1. The van der Waals surface area contributed by atoms with E-state index in [1.807, 2.05) is 0 Å². The zero-order chi connectivity index (χ0) is 22.6. The Labute approximate surface area is 184 Å². The fraction of sp³-hybridized carbons (Fsp3) is 0.409. The SMILES string of the molecule is CC1(O)C2CC[C@@H]1CC(S(=O)(=O)c1cc(C(=O)Nc3cc(F)cc(F)c3)ccc1Cl)C2. The number of hydrogen-bond acceptors (Lipinski definition) is 4. The van der Waals surface area contributed by atoms with Crippen LogP contribution >= 0.6 is 11.6 Å². The molecule has 2 aromatic carbocycles. The van der Waals surface area contributed by atoms with E-state index in [9.17, 15) is 27.1 Å². The number of rotatable bonds is 4. The molecule has 0 aliphatic heterocycles. The summed E-state index contributed by atoms with van der Waals surface area (Å²) in [5, 5.41) is 12.3. The molecule has 1 amide bonds. The van der Waals surface area contributed by atoms with Gasteiger partial charge in [-0.3, -0.25) is 4.79 Å². The van der Waals surface area contributed by atoms with Crippen molar-refractivity contribution in [1.29, 1.82) is 0 Å². The normalized spacial score (nSPS) is 27.8. The predicted octanol–water partition coefficient (Wildman–Crippen LogP) is 4.58. The Kier molecular flexibility index (Phi) is 5.60. The van der Waals surface area contributed by atoms with Gasteiger partial charge >= 0.3 is 0 Å². The Bertz CT molecular complexity index is 1120. The van der Waals surface area contributed by atoms with Gasteiger partial charge in [0.1, 0.15) is 11.6 Å². The highest BCUT2D eigenvalue weighted by Gasteiger charge is 2.53. The molecule has 4 rings (SSSR count). The number of nitrogens with one attached hydrogen (secondary N) is 1. The van der Waals surface area contributed by atoms with Crippen molar-refractivity contribution in [2.24, 2.45) is 11.8 Å². The lowest BCUT2D eigenvalue weighted by Crippen LogP contribution is -2.45. The van der Waals surface area contributed by atoms with Crippen molar-refractivity contribution in [2.75, 3.05) is 5.32 Å². The molecule has 166 valence electrons. The first kappa shape index (κ1) is 22.2.